The molecule has 38 heavy (non-hydrogen) atoms. The van der Waals surface area contributed by atoms with Crippen LogP contribution in [0.25, 0.3) is 21.3 Å². The minimum atomic E-state index is -0.290. The van der Waals surface area contributed by atoms with Crippen LogP contribution in [0.4, 0.5) is 23.0 Å². The van der Waals surface area contributed by atoms with E-state index in [1.54, 1.807) is 24.6 Å². The SMILES string of the molecule is C=CC(=O)Nc1cc(Nc2nccc(-c3csc4ccccc34)n2)c(OC)cc1N(C)CCN(CC)CC. The highest BCUT2D eigenvalue weighted by atomic mass is 32.1. The van der Waals surface area contributed by atoms with E-state index in [0.29, 0.717) is 23.1 Å². The number of likely N-dealkylation sites (N-methyl/N-ethyl adjacent to an activating group) is 2. The number of carbonyl (C=O) groups excluding carboxylic acids is 1. The van der Waals surface area contributed by atoms with Gasteiger partial charge in [-0.2, -0.15) is 0 Å². The number of nitrogens with one attached hydrogen (secondary N) is 2. The maximum absolute atomic E-state index is 12.3. The molecule has 0 saturated heterocycles. The highest BCUT2D eigenvalue weighted by Crippen LogP contribution is 2.38. The Labute approximate surface area is 228 Å². The first-order valence-electron chi connectivity index (χ1n) is 12.6. The van der Waals surface area contributed by atoms with Gasteiger partial charge in [0.2, 0.25) is 11.9 Å². The lowest BCUT2D eigenvalue weighted by Gasteiger charge is -2.27. The molecule has 2 aromatic heterocycles. The van der Waals surface area contributed by atoms with Crippen LogP contribution in [0.15, 0.2) is 66.7 Å². The van der Waals surface area contributed by atoms with Gasteiger partial charge in [0.15, 0.2) is 0 Å². The zero-order chi connectivity index (χ0) is 27.1. The number of nitrogens with zero attached hydrogens (tertiary/aromatic N) is 4. The Hall–Kier alpha value is -3.95. The topological polar surface area (TPSA) is 82.6 Å². The van der Waals surface area contributed by atoms with Crippen molar-refractivity contribution in [3.63, 3.8) is 0 Å². The molecule has 8 nitrogen and oxygen atoms in total. The molecule has 0 fully saturated rings. The van der Waals surface area contributed by atoms with Crippen molar-refractivity contribution in [2.75, 3.05) is 55.9 Å². The summed E-state index contributed by atoms with van der Waals surface area (Å²) in [6.45, 7) is 11.6. The molecule has 198 valence electrons. The van der Waals surface area contributed by atoms with Crippen LogP contribution in [0.3, 0.4) is 0 Å². The average molecular weight is 531 g/mol. The molecule has 0 bridgehead atoms. The summed E-state index contributed by atoms with van der Waals surface area (Å²) < 4.78 is 6.95. The maximum Gasteiger partial charge on any atom is 0.247 e. The predicted molar refractivity (Wildman–Crippen MR) is 159 cm³/mol. The third kappa shape index (κ3) is 6.12. The molecule has 9 heteroatoms. The summed E-state index contributed by atoms with van der Waals surface area (Å²) in [4.78, 5) is 26.0. The third-order valence-electron chi connectivity index (χ3n) is 6.48. The van der Waals surface area contributed by atoms with Crippen LogP contribution in [-0.2, 0) is 4.79 Å². The van der Waals surface area contributed by atoms with Crippen molar-refractivity contribution >= 4 is 50.3 Å². The maximum atomic E-state index is 12.3. The van der Waals surface area contributed by atoms with E-state index in [0.717, 1.165) is 48.5 Å². The molecule has 4 aromatic rings. The molecule has 2 heterocycles. The first kappa shape index (κ1) is 27.1. The predicted octanol–water partition coefficient (Wildman–Crippen LogP) is 6.01. The van der Waals surface area contributed by atoms with Crippen molar-refractivity contribution in [3.8, 4) is 17.0 Å². The number of amides is 1. The van der Waals surface area contributed by atoms with E-state index >= 15 is 0 Å². The van der Waals surface area contributed by atoms with Gasteiger partial charge in [-0.15, -0.1) is 11.3 Å². The Morgan fingerprint density at radius 1 is 1.13 bits per heavy atom. The fourth-order valence-electron chi connectivity index (χ4n) is 4.25. The van der Waals surface area contributed by atoms with Crippen LogP contribution < -0.4 is 20.3 Å². The van der Waals surface area contributed by atoms with E-state index in [1.807, 2.05) is 37.4 Å². The lowest BCUT2D eigenvalue weighted by molar-refractivity contribution is -0.111. The van der Waals surface area contributed by atoms with Gasteiger partial charge in [-0.25, -0.2) is 9.97 Å². The van der Waals surface area contributed by atoms with Crippen molar-refractivity contribution in [1.82, 2.24) is 14.9 Å². The molecule has 0 radical (unpaired) electrons. The molecule has 0 spiro atoms. The number of fused-ring (bicyclic) bond motifs is 1. The highest BCUT2D eigenvalue weighted by molar-refractivity contribution is 7.17. The number of rotatable bonds is 12. The second-order valence-electron chi connectivity index (χ2n) is 8.75. The van der Waals surface area contributed by atoms with E-state index in [9.17, 15) is 4.79 Å². The van der Waals surface area contributed by atoms with Gasteiger partial charge in [0, 0.05) is 53.4 Å². The first-order valence-corrected chi connectivity index (χ1v) is 13.5. The Morgan fingerprint density at radius 2 is 1.92 bits per heavy atom. The van der Waals surface area contributed by atoms with Crippen molar-refractivity contribution in [2.45, 2.75) is 13.8 Å². The molecular formula is C29H34N6O2S. The number of carbonyl (C=O) groups is 1. The number of ether oxygens (including phenoxy) is 1. The molecular weight excluding hydrogens is 496 g/mol. The zero-order valence-corrected chi connectivity index (χ0v) is 23.1. The number of anilines is 4. The fraction of sp³-hybridized carbons (Fsp3) is 0.276. The van der Waals surface area contributed by atoms with Gasteiger partial charge in [0.25, 0.3) is 0 Å². The molecule has 4 rings (SSSR count). The van der Waals surface area contributed by atoms with Crippen molar-refractivity contribution in [1.29, 1.82) is 0 Å². The third-order valence-corrected chi connectivity index (χ3v) is 7.44. The second-order valence-corrected chi connectivity index (χ2v) is 9.66. The van der Waals surface area contributed by atoms with Crippen molar-refractivity contribution < 1.29 is 9.53 Å². The van der Waals surface area contributed by atoms with Gasteiger partial charge < -0.3 is 25.2 Å². The van der Waals surface area contributed by atoms with Gasteiger partial charge in [0.05, 0.1) is 29.9 Å². The van der Waals surface area contributed by atoms with Gasteiger partial charge in [-0.05, 0) is 37.4 Å². The van der Waals surface area contributed by atoms with Crippen LogP contribution >= 0.6 is 11.3 Å². The molecule has 2 aromatic carbocycles. The number of benzene rings is 2. The summed E-state index contributed by atoms with van der Waals surface area (Å²) in [6.07, 6.45) is 2.99. The van der Waals surface area contributed by atoms with Crippen molar-refractivity contribution in [3.05, 3.63) is 66.7 Å². The average Bonchev–Trinajstić information content (AvgIpc) is 3.38. The number of hydrogen-bond acceptors (Lipinski definition) is 8. The summed E-state index contributed by atoms with van der Waals surface area (Å²) >= 11 is 1.69. The van der Waals surface area contributed by atoms with E-state index in [1.165, 1.54) is 10.8 Å². The minimum Gasteiger partial charge on any atom is -0.494 e. The van der Waals surface area contributed by atoms with Gasteiger partial charge in [0.1, 0.15) is 5.75 Å². The monoisotopic (exact) mass is 530 g/mol. The number of thiophene rings is 1. The van der Waals surface area contributed by atoms with Crippen molar-refractivity contribution in [2.24, 2.45) is 0 Å². The summed E-state index contributed by atoms with van der Waals surface area (Å²) in [7, 11) is 3.63. The Balaban J connectivity index is 1.66. The largest absolute Gasteiger partial charge is 0.494 e. The summed E-state index contributed by atoms with van der Waals surface area (Å²) in [6, 6.07) is 13.9. The van der Waals surface area contributed by atoms with E-state index in [-0.39, 0.29) is 5.91 Å². The fourth-order valence-corrected chi connectivity index (χ4v) is 5.21. The highest BCUT2D eigenvalue weighted by Gasteiger charge is 2.17. The molecule has 0 aliphatic heterocycles. The summed E-state index contributed by atoms with van der Waals surface area (Å²) in [5, 5.41) is 9.51. The smallest absolute Gasteiger partial charge is 0.247 e. The van der Waals surface area contributed by atoms with E-state index < -0.39 is 0 Å². The Morgan fingerprint density at radius 3 is 2.66 bits per heavy atom. The van der Waals surface area contributed by atoms with Crippen LogP contribution in [0.2, 0.25) is 0 Å². The molecule has 0 aliphatic carbocycles. The van der Waals surface area contributed by atoms with Gasteiger partial charge in [-0.3, -0.25) is 4.79 Å². The number of aromatic nitrogens is 2. The normalized spacial score (nSPS) is 11.0. The minimum absolute atomic E-state index is 0.290. The van der Waals surface area contributed by atoms with Gasteiger partial charge >= 0.3 is 0 Å². The molecule has 0 atom stereocenters. The first-order chi connectivity index (χ1) is 18.5. The van der Waals surface area contributed by atoms with E-state index in [4.69, 9.17) is 9.72 Å². The summed E-state index contributed by atoms with van der Waals surface area (Å²) in [5.74, 6) is 0.753. The lowest BCUT2D eigenvalue weighted by Crippen LogP contribution is -2.33. The van der Waals surface area contributed by atoms with Crippen LogP contribution in [0.1, 0.15) is 13.8 Å². The Kier molecular flexibility index (Phi) is 8.93. The van der Waals surface area contributed by atoms with E-state index in [2.05, 4.69) is 63.4 Å². The number of methoxy groups -OCH3 is 1. The quantitative estimate of drug-likeness (QED) is 0.217. The zero-order valence-electron chi connectivity index (χ0n) is 22.3. The lowest BCUT2D eigenvalue weighted by atomic mass is 10.1. The molecule has 0 saturated carbocycles. The molecule has 0 unspecified atom stereocenters. The van der Waals surface area contributed by atoms with Gasteiger partial charge in [-0.1, -0.05) is 38.6 Å². The molecule has 2 N–H and O–H groups in total. The van der Waals surface area contributed by atoms with Crippen LogP contribution in [0, 0.1) is 0 Å². The van der Waals surface area contributed by atoms with Crippen LogP contribution in [-0.4, -0.2) is 61.1 Å². The summed E-state index contributed by atoms with van der Waals surface area (Å²) in [5.41, 5.74) is 4.01. The molecule has 1 amide bonds. The Bertz CT molecular complexity index is 1420. The molecule has 0 aliphatic rings. The number of hydrogen-bond donors (Lipinski definition) is 2. The standard InChI is InChI=1S/C29H34N6O2S/c1-6-28(36)31-23-17-24(26(37-5)18-25(23)34(4)15-16-35(7-2)8-3)33-29-30-14-13-22(32-29)21-19-38-27-12-10-9-11-20(21)27/h6,9-14,17-19H,1,7-8,15-16H2,2-5H3,(H,31,36)(H,30,32,33). The van der Waals surface area contributed by atoms with Crippen LogP contribution in [0.5, 0.6) is 5.75 Å². The second kappa shape index (κ2) is 12.5.